The minimum Gasteiger partial charge on any atom is -0.345 e. The van der Waals surface area contributed by atoms with Gasteiger partial charge in [-0.2, -0.15) is 0 Å². The van der Waals surface area contributed by atoms with Crippen molar-refractivity contribution < 1.29 is 4.79 Å². The lowest BCUT2D eigenvalue weighted by Crippen LogP contribution is -2.32. The molecule has 1 amide bonds. The first-order valence-electron chi connectivity index (χ1n) is 9.90. The van der Waals surface area contributed by atoms with Crippen LogP contribution in [0.1, 0.15) is 31.4 Å². The maximum atomic E-state index is 12.6. The molecule has 0 N–H and O–H groups in total. The number of hydrogen-bond donors (Lipinski definition) is 0. The van der Waals surface area contributed by atoms with E-state index < -0.39 is 0 Å². The lowest BCUT2D eigenvalue weighted by Gasteiger charge is -2.31. The van der Waals surface area contributed by atoms with Gasteiger partial charge in [0.25, 0.3) is 0 Å². The van der Waals surface area contributed by atoms with E-state index in [1.54, 1.807) is 29.7 Å². The summed E-state index contributed by atoms with van der Waals surface area (Å²) < 4.78 is 0. The number of amides is 1. The fraction of sp³-hybridized carbons (Fsp3) is 0.455. The number of halogens is 2. The Balaban J connectivity index is 1.51. The fourth-order valence-corrected chi connectivity index (χ4v) is 6.94. The number of aromatic nitrogens is 1. The van der Waals surface area contributed by atoms with Crippen LogP contribution in [-0.2, 0) is 11.2 Å². The molecule has 2 aromatic rings. The summed E-state index contributed by atoms with van der Waals surface area (Å²) in [7, 11) is 1.88. The van der Waals surface area contributed by atoms with Crippen molar-refractivity contribution in [1.82, 2.24) is 9.88 Å². The van der Waals surface area contributed by atoms with Gasteiger partial charge in [0.15, 0.2) is 0 Å². The first-order chi connectivity index (χ1) is 14.0. The van der Waals surface area contributed by atoms with Gasteiger partial charge in [0, 0.05) is 47.3 Å². The average molecular weight is 470 g/mol. The van der Waals surface area contributed by atoms with Crippen molar-refractivity contribution in [2.24, 2.45) is 0 Å². The van der Waals surface area contributed by atoms with E-state index in [2.05, 4.69) is 4.98 Å². The Hall–Kier alpha value is -0.880. The van der Waals surface area contributed by atoms with Gasteiger partial charge in [-0.3, -0.25) is 9.78 Å². The molecule has 0 spiro atoms. The van der Waals surface area contributed by atoms with Crippen molar-refractivity contribution in [2.75, 3.05) is 19.3 Å². The Morgan fingerprint density at radius 1 is 1.10 bits per heavy atom. The molecule has 0 radical (unpaired) electrons. The lowest BCUT2D eigenvalue weighted by atomic mass is 10.00. The Morgan fingerprint density at radius 3 is 2.52 bits per heavy atom. The topological polar surface area (TPSA) is 33.2 Å². The molecule has 1 aromatic heterocycles. The normalized spacial score (nSPS) is 19.1. The number of nitrogens with zero attached hydrogens (tertiary/aromatic N) is 2. The number of carbonyl (C=O) groups is 1. The molecule has 29 heavy (non-hydrogen) atoms. The molecular formula is C22H26Cl2N2OS2. The fourth-order valence-electron chi connectivity index (χ4n) is 3.38. The molecule has 1 fully saturated rings. The van der Waals surface area contributed by atoms with Crippen LogP contribution in [0.3, 0.4) is 0 Å². The minimum atomic E-state index is 0.177. The van der Waals surface area contributed by atoms with Crippen LogP contribution in [0.2, 0.25) is 10.0 Å². The lowest BCUT2D eigenvalue weighted by molar-refractivity contribution is -0.127. The van der Waals surface area contributed by atoms with Gasteiger partial charge in [0.1, 0.15) is 0 Å². The van der Waals surface area contributed by atoms with Gasteiger partial charge in [0.2, 0.25) is 5.91 Å². The highest BCUT2D eigenvalue weighted by molar-refractivity contribution is 8.04. The quantitative estimate of drug-likeness (QED) is 0.459. The van der Waals surface area contributed by atoms with Crippen molar-refractivity contribution in [1.29, 1.82) is 0 Å². The summed E-state index contributed by atoms with van der Waals surface area (Å²) in [6.45, 7) is 0.689. The van der Waals surface area contributed by atoms with Crippen LogP contribution in [0.5, 0.6) is 0 Å². The number of carbonyl (C=O) groups excluding carboxylic acids is 1. The van der Waals surface area contributed by atoms with Crippen LogP contribution in [0.15, 0.2) is 47.5 Å². The van der Waals surface area contributed by atoms with E-state index >= 15 is 0 Å². The van der Waals surface area contributed by atoms with Gasteiger partial charge in [0.05, 0.1) is 15.8 Å². The second-order valence-electron chi connectivity index (χ2n) is 7.23. The molecule has 0 bridgehead atoms. The highest BCUT2D eigenvalue weighted by Crippen LogP contribution is 2.44. The zero-order valence-corrected chi connectivity index (χ0v) is 19.7. The summed E-state index contributed by atoms with van der Waals surface area (Å²) in [5, 5.41) is 2.29. The predicted octanol–water partition coefficient (Wildman–Crippen LogP) is 6.23. The summed E-state index contributed by atoms with van der Waals surface area (Å²) in [5.74, 6) is 0.687. The summed E-state index contributed by atoms with van der Waals surface area (Å²) in [6, 6.07) is 11.5. The maximum absolute atomic E-state index is 12.6. The smallest absolute Gasteiger partial charge is 0.232 e. The molecule has 1 aromatic carbocycles. The van der Waals surface area contributed by atoms with Crippen LogP contribution in [0.25, 0.3) is 0 Å². The number of pyridine rings is 1. The number of likely N-dealkylation sites (N-methyl/N-ethyl adjacent to an activating group) is 1. The first kappa shape index (κ1) is 22.8. The maximum Gasteiger partial charge on any atom is 0.232 e. The second kappa shape index (κ2) is 11.5. The summed E-state index contributed by atoms with van der Waals surface area (Å²) in [4.78, 5) is 19.7. The van der Waals surface area contributed by atoms with E-state index in [1.807, 2.05) is 48.3 Å². The molecule has 3 rings (SSSR count). The van der Waals surface area contributed by atoms with Crippen molar-refractivity contribution in [3.05, 3.63) is 58.3 Å². The van der Waals surface area contributed by atoms with Crippen LogP contribution >= 0.6 is 46.7 Å². The van der Waals surface area contributed by atoms with E-state index in [0.717, 1.165) is 29.9 Å². The molecule has 1 heterocycles. The molecule has 1 aliphatic carbocycles. The predicted molar refractivity (Wildman–Crippen MR) is 126 cm³/mol. The summed E-state index contributed by atoms with van der Waals surface area (Å²) in [6.07, 6.45) is 7.27. The van der Waals surface area contributed by atoms with E-state index in [1.165, 1.54) is 12.8 Å². The summed E-state index contributed by atoms with van der Waals surface area (Å²) >= 11 is 16.3. The van der Waals surface area contributed by atoms with Crippen molar-refractivity contribution >= 4 is 52.6 Å². The van der Waals surface area contributed by atoms with E-state index in [-0.39, 0.29) is 5.91 Å². The van der Waals surface area contributed by atoms with E-state index in [4.69, 9.17) is 23.2 Å². The molecule has 0 saturated heterocycles. The third-order valence-corrected chi connectivity index (χ3v) is 9.08. The number of hydrogen-bond acceptors (Lipinski definition) is 4. The highest BCUT2D eigenvalue weighted by atomic mass is 35.5. The zero-order valence-electron chi connectivity index (χ0n) is 16.5. The standard InChI is InChI=1S/C22H26Cl2N2OS2/c1-26(14-12-16-7-4-5-13-25-16)21(27)15-28-19-10-2-3-11-20(19)29-22-17(23)8-6-9-18(22)24/h4-9,13,19-20H,2-3,10-12,14-15H2,1H3/t19-,20-/m1/s1. The van der Waals surface area contributed by atoms with Gasteiger partial charge in [-0.15, -0.1) is 23.5 Å². The Labute approximate surface area is 191 Å². The van der Waals surface area contributed by atoms with Crippen molar-refractivity contribution in [3.63, 3.8) is 0 Å². The minimum absolute atomic E-state index is 0.177. The molecular weight excluding hydrogens is 443 g/mol. The second-order valence-corrected chi connectivity index (χ2v) is 10.5. The van der Waals surface area contributed by atoms with Crippen LogP contribution in [0.4, 0.5) is 0 Å². The number of benzene rings is 1. The molecule has 1 aliphatic rings. The van der Waals surface area contributed by atoms with Crippen LogP contribution < -0.4 is 0 Å². The van der Waals surface area contributed by atoms with Crippen molar-refractivity contribution in [3.8, 4) is 0 Å². The van der Waals surface area contributed by atoms with Gasteiger partial charge in [-0.05, 0) is 37.1 Å². The Kier molecular flexibility index (Phi) is 9.04. The zero-order chi connectivity index (χ0) is 20.6. The monoisotopic (exact) mass is 468 g/mol. The largest absolute Gasteiger partial charge is 0.345 e. The third kappa shape index (κ3) is 6.81. The molecule has 7 heteroatoms. The Bertz CT molecular complexity index is 786. The average Bonchev–Trinajstić information content (AvgIpc) is 2.74. The SMILES string of the molecule is CN(CCc1ccccn1)C(=O)CS[C@@H]1CCCC[C@H]1Sc1c(Cl)cccc1Cl. The van der Waals surface area contributed by atoms with Gasteiger partial charge in [-0.25, -0.2) is 0 Å². The van der Waals surface area contributed by atoms with Crippen LogP contribution in [-0.4, -0.2) is 45.6 Å². The summed E-state index contributed by atoms with van der Waals surface area (Å²) in [5.41, 5.74) is 1.01. The van der Waals surface area contributed by atoms with Crippen molar-refractivity contribution in [2.45, 2.75) is 47.5 Å². The molecule has 1 saturated carbocycles. The van der Waals surface area contributed by atoms with Crippen LogP contribution in [0, 0.1) is 0 Å². The number of thioether (sulfide) groups is 2. The van der Waals surface area contributed by atoms with Gasteiger partial charge >= 0.3 is 0 Å². The highest BCUT2D eigenvalue weighted by Gasteiger charge is 2.28. The van der Waals surface area contributed by atoms with E-state index in [9.17, 15) is 4.79 Å². The molecule has 3 nitrogen and oxygen atoms in total. The van der Waals surface area contributed by atoms with E-state index in [0.29, 0.717) is 32.8 Å². The molecule has 156 valence electrons. The molecule has 2 atom stereocenters. The number of rotatable bonds is 8. The van der Waals surface area contributed by atoms with Gasteiger partial charge in [-0.1, -0.05) is 48.2 Å². The Morgan fingerprint density at radius 2 is 1.83 bits per heavy atom. The van der Waals surface area contributed by atoms with Gasteiger partial charge < -0.3 is 4.90 Å². The first-order valence-corrected chi connectivity index (χ1v) is 12.6. The molecule has 0 unspecified atom stereocenters. The molecule has 0 aliphatic heterocycles. The third-order valence-electron chi connectivity index (χ3n) is 5.11.